The lowest BCUT2D eigenvalue weighted by Gasteiger charge is -2.12. The number of hydrogen-bond acceptors (Lipinski definition) is 4. The largest absolute Gasteiger partial charge is 0.490 e. The first-order chi connectivity index (χ1) is 12.0. The van der Waals surface area contributed by atoms with Crippen molar-refractivity contribution in [3.8, 4) is 11.5 Å². The molecule has 0 saturated carbocycles. The van der Waals surface area contributed by atoms with Gasteiger partial charge in [0, 0.05) is 13.6 Å². The Morgan fingerprint density at radius 3 is 2.52 bits per heavy atom. The molecule has 0 aliphatic rings. The Kier molecular flexibility index (Phi) is 6.70. The summed E-state index contributed by atoms with van der Waals surface area (Å²) >= 11 is 6.12. The summed E-state index contributed by atoms with van der Waals surface area (Å²) in [5.41, 5.74) is 2.09. The molecule has 1 N–H and O–H groups in total. The molecule has 1 aromatic heterocycles. The number of carbonyl (C=O) groups excluding carboxylic acids is 1. The van der Waals surface area contributed by atoms with E-state index in [2.05, 4.69) is 10.4 Å². The number of benzene rings is 1. The van der Waals surface area contributed by atoms with Crippen molar-refractivity contribution in [3.63, 3.8) is 0 Å². The molecule has 0 fully saturated rings. The fraction of sp³-hybridized carbons (Fsp3) is 0.444. The van der Waals surface area contributed by atoms with Gasteiger partial charge >= 0.3 is 0 Å². The van der Waals surface area contributed by atoms with Crippen molar-refractivity contribution >= 4 is 17.5 Å². The molecule has 0 radical (unpaired) electrons. The van der Waals surface area contributed by atoms with Gasteiger partial charge in [-0.1, -0.05) is 17.7 Å². The molecule has 7 heteroatoms. The Hall–Kier alpha value is -2.21. The van der Waals surface area contributed by atoms with Gasteiger partial charge in [-0.3, -0.25) is 9.48 Å². The summed E-state index contributed by atoms with van der Waals surface area (Å²) in [4.78, 5) is 12.3. The maximum atomic E-state index is 12.3. The van der Waals surface area contributed by atoms with Gasteiger partial charge in [-0.2, -0.15) is 5.10 Å². The molecule has 1 heterocycles. The zero-order chi connectivity index (χ0) is 18.4. The number of hydrogen-bond donors (Lipinski definition) is 1. The predicted octanol–water partition coefficient (Wildman–Crippen LogP) is 3.15. The Morgan fingerprint density at radius 2 is 1.92 bits per heavy atom. The van der Waals surface area contributed by atoms with E-state index >= 15 is 0 Å². The van der Waals surface area contributed by atoms with E-state index in [4.69, 9.17) is 21.1 Å². The van der Waals surface area contributed by atoms with Crippen LogP contribution in [-0.4, -0.2) is 35.4 Å². The lowest BCUT2D eigenvalue weighted by Crippen LogP contribution is -2.26. The van der Waals surface area contributed by atoms with Crippen LogP contribution < -0.4 is 14.8 Å². The highest BCUT2D eigenvalue weighted by Gasteiger charge is 2.18. The van der Waals surface area contributed by atoms with E-state index in [0.717, 1.165) is 17.1 Å². The highest BCUT2D eigenvalue weighted by molar-refractivity contribution is 6.33. The summed E-state index contributed by atoms with van der Waals surface area (Å²) in [5.74, 6) is 1.24. The van der Waals surface area contributed by atoms with Crippen LogP contribution in [0.2, 0.25) is 5.15 Å². The van der Waals surface area contributed by atoms with E-state index in [1.807, 2.05) is 32.0 Å². The summed E-state index contributed by atoms with van der Waals surface area (Å²) in [6.45, 7) is 7.28. The third-order valence-corrected chi connectivity index (χ3v) is 4.12. The van der Waals surface area contributed by atoms with Gasteiger partial charge in [0.2, 0.25) is 0 Å². The monoisotopic (exact) mass is 365 g/mol. The fourth-order valence-electron chi connectivity index (χ4n) is 2.55. The van der Waals surface area contributed by atoms with E-state index < -0.39 is 0 Å². The maximum absolute atomic E-state index is 12.3. The van der Waals surface area contributed by atoms with Gasteiger partial charge in [0.05, 0.1) is 24.5 Å². The summed E-state index contributed by atoms with van der Waals surface area (Å²) in [6.07, 6.45) is 0.676. The molecule has 0 saturated heterocycles. The highest BCUT2D eigenvalue weighted by atomic mass is 35.5. The number of aryl methyl sites for hydroxylation is 2. The van der Waals surface area contributed by atoms with E-state index in [1.165, 1.54) is 4.68 Å². The topological polar surface area (TPSA) is 65.4 Å². The van der Waals surface area contributed by atoms with E-state index in [9.17, 15) is 4.79 Å². The second kappa shape index (κ2) is 8.76. The first kappa shape index (κ1) is 19.1. The van der Waals surface area contributed by atoms with Crippen LogP contribution in [0.4, 0.5) is 0 Å². The van der Waals surface area contributed by atoms with Crippen molar-refractivity contribution in [3.05, 3.63) is 40.2 Å². The third-order valence-electron chi connectivity index (χ3n) is 3.69. The minimum atomic E-state index is -0.216. The Morgan fingerprint density at radius 1 is 1.24 bits per heavy atom. The molecular formula is C18H24ClN3O3. The number of carbonyl (C=O) groups is 1. The molecular weight excluding hydrogens is 342 g/mol. The minimum absolute atomic E-state index is 0.216. The standard InChI is InChI=1S/C18H24ClN3O3/c1-5-24-14-8-7-13(11-15(14)25-6-2)9-10-20-18(23)16-12(3)21-22(4)17(16)19/h7-8,11H,5-6,9-10H2,1-4H3,(H,20,23). The Labute approximate surface area is 153 Å². The average Bonchev–Trinajstić information content (AvgIpc) is 2.82. The van der Waals surface area contributed by atoms with Crippen molar-refractivity contribution in [1.82, 2.24) is 15.1 Å². The lowest BCUT2D eigenvalue weighted by molar-refractivity contribution is 0.0953. The van der Waals surface area contributed by atoms with Crippen LogP contribution in [0.15, 0.2) is 18.2 Å². The van der Waals surface area contributed by atoms with Crippen LogP contribution in [0.5, 0.6) is 11.5 Å². The Balaban J connectivity index is 1.99. The van der Waals surface area contributed by atoms with Crippen LogP contribution in [0, 0.1) is 6.92 Å². The van der Waals surface area contributed by atoms with Gasteiger partial charge in [-0.15, -0.1) is 0 Å². The van der Waals surface area contributed by atoms with Crippen molar-refractivity contribution in [2.24, 2.45) is 7.05 Å². The third kappa shape index (κ3) is 4.66. The number of nitrogens with zero attached hydrogens (tertiary/aromatic N) is 2. The van der Waals surface area contributed by atoms with Crippen molar-refractivity contribution < 1.29 is 14.3 Å². The number of rotatable bonds is 8. The second-order valence-corrected chi connectivity index (χ2v) is 5.89. The van der Waals surface area contributed by atoms with Gasteiger partial charge in [0.1, 0.15) is 5.15 Å². The Bertz CT molecular complexity index is 743. The number of halogens is 1. The van der Waals surface area contributed by atoms with Crippen molar-refractivity contribution in [2.75, 3.05) is 19.8 Å². The molecule has 0 bridgehead atoms. The zero-order valence-corrected chi connectivity index (χ0v) is 15.8. The number of aromatic nitrogens is 2. The van der Waals surface area contributed by atoms with Gasteiger partial charge < -0.3 is 14.8 Å². The average molecular weight is 366 g/mol. The SMILES string of the molecule is CCOc1ccc(CCNC(=O)c2c(C)nn(C)c2Cl)cc1OCC. The van der Waals surface area contributed by atoms with Crippen LogP contribution in [0.25, 0.3) is 0 Å². The van der Waals surface area contributed by atoms with Crippen LogP contribution in [0.3, 0.4) is 0 Å². The molecule has 1 amide bonds. The number of nitrogens with one attached hydrogen (secondary N) is 1. The zero-order valence-electron chi connectivity index (χ0n) is 15.1. The molecule has 6 nitrogen and oxygen atoms in total. The van der Waals surface area contributed by atoms with Gasteiger partial charge in [0.15, 0.2) is 11.5 Å². The van der Waals surface area contributed by atoms with Gasteiger partial charge in [0.25, 0.3) is 5.91 Å². The molecule has 2 rings (SSSR count). The van der Waals surface area contributed by atoms with Crippen LogP contribution >= 0.6 is 11.6 Å². The van der Waals surface area contributed by atoms with E-state index in [0.29, 0.717) is 42.6 Å². The molecule has 136 valence electrons. The van der Waals surface area contributed by atoms with Crippen molar-refractivity contribution in [2.45, 2.75) is 27.2 Å². The molecule has 0 aliphatic carbocycles. The highest BCUT2D eigenvalue weighted by Crippen LogP contribution is 2.28. The predicted molar refractivity (Wildman–Crippen MR) is 97.8 cm³/mol. The summed E-state index contributed by atoms with van der Waals surface area (Å²) in [5, 5.41) is 7.38. The second-order valence-electron chi connectivity index (χ2n) is 5.53. The number of amides is 1. The molecule has 25 heavy (non-hydrogen) atoms. The maximum Gasteiger partial charge on any atom is 0.256 e. The number of ether oxygens (including phenoxy) is 2. The smallest absolute Gasteiger partial charge is 0.256 e. The summed E-state index contributed by atoms with van der Waals surface area (Å²) in [6, 6.07) is 5.82. The molecule has 1 aromatic carbocycles. The summed E-state index contributed by atoms with van der Waals surface area (Å²) in [7, 11) is 1.71. The van der Waals surface area contributed by atoms with E-state index in [-0.39, 0.29) is 5.91 Å². The first-order valence-corrected chi connectivity index (χ1v) is 8.71. The quantitative estimate of drug-likeness (QED) is 0.780. The van der Waals surface area contributed by atoms with Crippen LogP contribution in [0.1, 0.15) is 35.5 Å². The minimum Gasteiger partial charge on any atom is -0.490 e. The molecule has 0 atom stereocenters. The normalized spacial score (nSPS) is 10.6. The van der Waals surface area contributed by atoms with E-state index in [1.54, 1.807) is 14.0 Å². The molecule has 0 unspecified atom stereocenters. The van der Waals surface area contributed by atoms with Crippen LogP contribution in [-0.2, 0) is 13.5 Å². The lowest BCUT2D eigenvalue weighted by atomic mass is 10.1. The van der Waals surface area contributed by atoms with Gasteiger partial charge in [-0.05, 0) is 44.9 Å². The fourth-order valence-corrected chi connectivity index (χ4v) is 2.81. The van der Waals surface area contributed by atoms with Gasteiger partial charge in [-0.25, -0.2) is 0 Å². The molecule has 0 aliphatic heterocycles. The molecule has 2 aromatic rings. The van der Waals surface area contributed by atoms with Crippen molar-refractivity contribution in [1.29, 1.82) is 0 Å². The first-order valence-electron chi connectivity index (χ1n) is 8.33. The molecule has 0 spiro atoms. The summed E-state index contributed by atoms with van der Waals surface area (Å²) < 4.78 is 12.7.